The number of fused-ring (bicyclic) bond motifs is 2. The Balaban J connectivity index is 1.52. The summed E-state index contributed by atoms with van der Waals surface area (Å²) < 4.78 is 13.3. The van der Waals surface area contributed by atoms with Crippen LogP contribution in [0, 0.1) is 19.7 Å². The Labute approximate surface area is 183 Å². The zero-order valence-electron chi connectivity index (χ0n) is 16.0. The third-order valence-electron chi connectivity index (χ3n) is 4.92. The first-order valence-corrected chi connectivity index (χ1v) is 11.8. The van der Waals surface area contributed by atoms with Crippen LogP contribution in [0.15, 0.2) is 45.8 Å². The first kappa shape index (κ1) is 19.3. The van der Waals surface area contributed by atoms with Gasteiger partial charge in [0.1, 0.15) is 32.7 Å². The van der Waals surface area contributed by atoms with Crippen molar-refractivity contribution in [1.29, 1.82) is 0 Å². The Bertz CT molecular complexity index is 1450. The molecule has 0 amide bonds. The smallest absolute Gasteiger partial charge is 0.259 e. The Morgan fingerprint density at radius 1 is 1.10 bits per heavy atom. The predicted molar refractivity (Wildman–Crippen MR) is 122 cm³/mol. The highest BCUT2D eigenvalue weighted by Gasteiger charge is 2.16. The minimum absolute atomic E-state index is 0.104. The highest BCUT2D eigenvalue weighted by molar-refractivity contribution is 7.98. The van der Waals surface area contributed by atoms with E-state index in [0.717, 1.165) is 41.6 Å². The summed E-state index contributed by atoms with van der Waals surface area (Å²) in [6.45, 7) is 3.95. The number of benzene rings is 1. The summed E-state index contributed by atoms with van der Waals surface area (Å²) in [5, 5.41) is 4.43. The third kappa shape index (κ3) is 3.32. The molecule has 150 valence electrons. The summed E-state index contributed by atoms with van der Waals surface area (Å²) >= 11 is 4.57. The molecule has 5 nitrogen and oxygen atoms in total. The highest BCUT2D eigenvalue weighted by Crippen LogP contribution is 2.38. The molecule has 5 aromatic rings. The Hall–Kier alpha value is -2.62. The lowest BCUT2D eigenvalue weighted by Gasteiger charge is -2.05. The maximum Gasteiger partial charge on any atom is 0.259 e. The van der Waals surface area contributed by atoms with Crippen LogP contribution in [0.2, 0.25) is 0 Å². The zero-order valence-corrected chi connectivity index (χ0v) is 18.5. The van der Waals surface area contributed by atoms with Gasteiger partial charge >= 0.3 is 0 Å². The topological polar surface area (TPSA) is 71.5 Å². The van der Waals surface area contributed by atoms with Crippen LogP contribution in [0.4, 0.5) is 4.39 Å². The Morgan fingerprint density at radius 2 is 1.90 bits per heavy atom. The molecule has 0 saturated heterocycles. The van der Waals surface area contributed by atoms with Gasteiger partial charge in [-0.05, 0) is 37.1 Å². The molecule has 0 aliphatic carbocycles. The normalized spacial score (nSPS) is 11.6. The molecule has 0 aliphatic rings. The maximum absolute atomic E-state index is 13.3. The van der Waals surface area contributed by atoms with E-state index in [2.05, 4.69) is 19.9 Å². The molecule has 4 heterocycles. The fourth-order valence-electron chi connectivity index (χ4n) is 3.30. The van der Waals surface area contributed by atoms with Crippen molar-refractivity contribution in [3.05, 3.63) is 68.4 Å². The van der Waals surface area contributed by atoms with Gasteiger partial charge in [0.15, 0.2) is 0 Å². The molecule has 1 aromatic carbocycles. The molecular formula is C21H15FN4OS3. The average molecular weight is 455 g/mol. The number of halogens is 1. The summed E-state index contributed by atoms with van der Waals surface area (Å²) in [7, 11) is 0. The van der Waals surface area contributed by atoms with Crippen LogP contribution in [0.1, 0.15) is 16.3 Å². The van der Waals surface area contributed by atoms with Gasteiger partial charge in [0.25, 0.3) is 5.56 Å². The van der Waals surface area contributed by atoms with Crippen LogP contribution in [0.25, 0.3) is 31.6 Å². The highest BCUT2D eigenvalue weighted by atomic mass is 32.2. The lowest BCUT2D eigenvalue weighted by Crippen LogP contribution is -2.10. The van der Waals surface area contributed by atoms with Crippen molar-refractivity contribution in [2.45, 2.75) is 24.6 Å². The van der Waals surface area contributed by atoms with Gasteiger partial charge in [0.2, 0.25) is 0 Å². The molecule has 0 spiro atoms. The van der Waals surface area contributed by atoms with Crippen LogP contribution < -0.4 is 5.56 Å². The van der Waals surface area contributed by atoms with E-state index in [1.807, 2.05) is 19.2 Å². The number of nitrogens with one attached hydrogen (secondary N) is 1. The van der Waals surface area contributed by atoms with Gasteiger partial charge in [-0.25, -0.2) is 19.3 Å². The first-order chi connectivity index (χ1) is 14.5. The van der Waals surface area contributed by atoms with Crippen molar-refractivity contribution in [1.82, 2.24) is 19.9 Å². The fraction of sp³-hybridized carbons (Fsp3) is 0.143. The molecule has 30 heavy (non-hydrogen) atoms. The van der Waals surface area contributed by atoms with Gasteiger partial charge in [0, 0.05) is 15.8 Å². The second kappa shape index (κ2) is 7.57. The van der Waals surface area contributed by atoms with E-state index in [1.54, 1.807) is 18.5 Å². The molecule has 0 radical (unpaired) electrons. The van der Waals surface area contributed by atoms with E-state index in [9.17, 15) is 9.18 Å². The number of rotatable bonds is 4. The number of aryl methyl sites for hydroxylation is 2. The standard InChI is InChI=1S/C21H15FN4OS3/c1-10-11(2)30-21-16(10)18(27)25-15(26-21)8-29-20-17-14(7-28-19(17)23-9-24-20)12-3-5-13(22)6-4-12/h3-7,9H,8H2,1-2H3,(H,25,26,27). The van der Waals surface area contributed by atoms with E-state index in [0.29, 0.717) is 17.0 Å². The predicted octanol–water partition coefficient (Wildman–Crippen LogP) is 5.70. The molecule has 4 aromatic heterocycles. The van der Waals surface area contributed by atoms with Crippen molar-refractivity contribution in [2.75, 3.05) is 0 Å². The van der Waals surface area contributed by atoms with Gasteiger partial charge < -0.3 is 4.98 Å². The van der Waals surface area contributed by atoms with Crippen molar-refractivity contribution in [3.8, 4) is 11.1 Å². The minimum atomic E-state index is -0.270. The van der Waals surface area contributed by atoms with Crippen molar-refractivity contribution in [3.63, 3.8) is 0 Å². The summed E-state index contributed by atoms with van der Waals surface area (Å²) in [6.07, 6.45) is 1.54. The lowest BCUT2D eigenvalue weighted by molar-refractivity contribution is 0.628. The van der Waals surface area contributed by atoms with E-state index < -0.39 is 0 Å². The SMILES string of the molecule is Cc1sc2nc(CSc3ncnc4scc(-c5ccc(F)cc5)c34)[nH]c(=O)c2c1C. The van der Waals surface area contributed by atoms with E-state index >= 15 is 0 Å². The van der Waals surface area contributed by atoms with Gasteiger partial charge in [-0.1, -0.05) is 23.9 Å². The Kier molecular flexibility index (Phi) is 4.88. The molecular weight excluding hydrogens is 439 g/mol. The molecule has 0 unspecified atom stereocenters. The van der Waals surface area contributed by atoms with Crippen LogP contribution >= 0.6 is 34.4 Å². The summed E-state index contributed by atoms with van der Waals surface area (Å²) in [5.74, 6) is 0.823. The second-order valence-electron chi connectivity index (χ2n) is 6.78. The number of H-pyrrole nitrogens is 1. The van der Waals surface area contributed by atoms with Crippen molar-refractivity contribution < 1.29 is 4.39 Å². The van der Waals surface area contributed by atoms with Gasteiger partial charge in [-0.15, -0.1) is 22.7 Å². The number of thioether (sulfide) groups is 1. The van der Waals surface area contributed by atoms with E-state index in [-0.39, 0.29) is 11.4 Å². The van der Waals surface area contributed by atoms with E-state index in [4.69, 9.17) is 0 Å². The van der Waals surface area contributed by atoms with Crippen molar-refractivity contribution in [2.24, 2.45) is 0 Å². The summed E-state index contributed by atoms with van der Waals surface area (Å²) in [6, 6.07) is 6.41. The zero-order chi connectivity index (χ0) is 20.8. The molecule has 0 bridgehead atoms. The molecule has 0 aliphatic heterocycles. The van der Waals surface area contributed by atoms with Crippen LogP contribution in [-0.4, -0.2) is 19.9 Å². The maximum atomic E-state index is 13.3. The summed E-state index contributed by atoms with van der Waals surface area (Å²) in [4.78, 5) is 31.7. The van der Waals surface area contributed by atoms with E-state index in [1.165, 1.54) is 46.6 Å². The first-order valence-electron chi connectivity index (χ1n) is 9.11. The average Bonchev–Trinajstić information content (AvgIpc) is 3.29. The largest absolute Gasteiger partial charge is 0.309 e. The monoisotopic (exact) mass is 454 g/mol. The number of nitrogens with zero attached hydrogens (tertiary/aromatic N) is 3. The quantitative estimate of drug-likeness (QED) is 0.278. The molecule has 0 atom stereocenters. The lowest BCUT2D eigenvalue weighted by atomic mass is 10.1. The third-order valence-corrected chi connectivity index (χ3v) is 7.91. The number of thiophene rings is 2. The number of hydrogen-bond acceptors (Lipinski definition) is 7. The van der Waals surface area contributed by atoms with Gasteiger partial charge in [-0.2, -0.15) is 0 Å². The molecule has 0 fully saturated rings. The number of hydrogen-bond donors (Lipinski definition) is 1. The van der Waals surface area contributed by atoms with Crippen LogP contribution in [-0.2, 0) is 5.75 Å². The van der Waals surface area contributed by atoms with Crippen LogP contribution in [0.5, 0.6) is 0 Å². The molecule has 0 saturated carbocycles. The Morgan fingerprint density at radius 3 is 2.70 bits per heavy atom. The van der Waals surface area contributed by atoms with Gasteiger partial charge in [0.05, 0.1) is 16.5 Å². The summed E-state index contributed by atoms with van der Waals surface area (Å²) in [5.41, 5.74) is 2.77. The molecule has 1 N–H and O–H groups in total. The fourth-order valence-corrected chi connectivity index (χ4v) is 6.22. The molecule has 5 rings (SSSR count). The van der Waals surface area contributed by atoms with Gasteiger partial charge in [-0.3, -0.25) is 4.79 Å². The van der Waals surface area contributed by atoms with Crippen LogP contribution in [0.3, 0.4) is 0 Å². The molecule has 9 heteroatoms. The van der Waals surface area contributed by atoms with Crippen molar-refractivity contribution >= 4 is 54.9 Å². The second-order valence-corrected chi connectivity index (χ2v) is 9.81. The number of aromatic nitrogens is 4. The number of aromatic amines is 1. The minimum Gasteiger partial charge on any atom is -0.309 e.